The summed E-state index contributed by atoms with van der Waals surface area (Å²) in [7, 11) is 0. The second-order valence-electron chi connectivity index (χ2n) is 10.7. The van der Waals surface area contributed by atoms with Crippen molar-refractivity contribution in [3.63, 3.8) is 0 Å². The van der Waals surface area contributed by atoms with Gasteiger partial charge in [0.05, 0.1) is 0 Å². The van der Waals surface area contributed by atoms with Crippen LogP contribution in [0.2, 0.25) is 0 Å². The van der Waals surface area contributed by atoms with Crippen LogP contribution in [0.25, 0.3) is 16.8 Å². The van der Waals surface area contributed by atoms with Crippen molar-refractivity contribution in [3.8, 4) is 11.1 Å². The van der Waals surface area contributed by atoms with E-state index < -0.39 is 6.18 Å². The second-order valence-corrected chi connectivity index (χ2v) is 11.8. The Bertz CT molecular complexity index is 1730. The number of nitrogens with one attached hydrogen (secondary N) is 1. The van der Waals surface area contributed by atoms with Crippen LogP contribution in [0.5, 0.6) is 0 Å². The molecule has 0 unspecified atom stereocenters. The van der Waals surface area contributed by atoms with Gasteiger partial charge in [-0.2, -0.15) is 18.3 Å². The van der Waals surface area contributed by atoms with Crippen molar-refractivity contribution in [1.82, 2.24) is 10.3 Å². The average Bonchev–Trinajstić information content (AvgIpc) is 3.11. The number of alkyl halides is 3. The molecule has 0 saturated carbocycles. The van der Waals surface area contributed by atoms with Crippen LogP contribution in [0, 0.1) is 20.8 Å². The molecule has 50 heavy (non-hydrogen) atoms. The van der Waals surface area contributed by atoms with E-state index in [1.165, 1.54) is 38.3 Å². The molecule has 4 aromatic rings. The third kappa shape index (κ3) is 14.3. The molecule has 0 aliphatic carbocycles. The average molecular weight is 704 g/mol. The summed E-state index contributed by atoms with van der Waals surface area (Å²) in [5.74, 6) is 0.494. The Balaban J connectivity index is 0.00000125. The smallest absolute Gasteiger partial charge is 0.381 e. The Morgan fingerprint density at radius 3 is 2.06 bits per heavy atom. The number of aryl methyl sites for hydroxylation is 4. The van der Waals surface area contributed by atoms with Crippen LogP contribution < -0.4 is 5.32 Å². The van der Waals surface area contributed by atoms with E-state index in [1.807, 2.05) is 58.0 Å². The first-order valence-electron chi connectivity index (χ1n) is 16.1. The quantitative estimate of drug-likeness (QED) is 0.101. The molecule has 1 aromatic heterocycles. The molecule has 0 aliphatic heterocycles. The molecule has 0 spiro atoms. The fourth-order valence-corrected chi connectivity index (χ4v) is 5.62. The lowest BCUT2D eigenvalue weighted by Gasteiger charge is -2.17. The predicted molar refractivity (Wildman–Crippen MR) is 207 cm³/mol. The number of carbonyl (C=O) groups is 1. The van der Waals surface area contributed by atoms with Crippen molar-refractivity contribution in [3.05, 3.63) is 118 Å². The number of pyridine rings is 1. The zero-order valence-corrected chi connectivity index (χ0v) is 31.1. The number of hydrogen-bond donors (Lipinski definition) is 1. The van der Waals surface area contributed by atoms with Gasteiger partial charge in [-0.3, -0.25) is 0 Å². The summed E-state index contributed by atoms with van der Waals surface area (Å²) < 4.78 is 31.1. The van der Waals surface area contributed by atoms with Crippen LogP contribution in [0.4, 0.5) is 13.2 Å². The van der Waals surface area contributed by atoms with Crippen LogP contribution in [0.15, 0.2) is 105 Å². The van der Waals surface area contributed by atoms with Gasteiger partial charge in [0.2, 0.25) is 0 Å². The van der Waals surface area contributed by atoms with E-state index in [-0.39, 0.29) is 6.92 Å². The minimum atomic E-state index is -4.00. The predicted octanol–water partition coefficient (Wildman–Crippen LogP) is 11.0. The van der Waals surface area contributed by atoms with E-state index in [9.17, 15) is 13.2 Å². The summed E-state index contributed by atoms with van der Waals surface area (Å²) in [6.45, 7) is 25.2. The molecule has 10 heteroatoms. The van der Waals surface area contributed by atoms with Crippen molar-refractivity contribution in [2.24, 2.45) is 15.2 Å². The number of halogens is 3. The summed E-state index contributed by atoms with van der Waals surface area (Å²) in [5, 5.41) is 12.3. The first kappa shape index (κ1) is 43.2. The van der Waals surface area contributed by atoms with Gasteiger partial charge in [0, 0.05) is 47.6 Å². The molecule has 1 N–H and O–H groups in total. The van der Waals surface area contributed by atoms with Gasteiger partial charge in [-0.05, 0) is 80.8 Å². The fraction of sp³-hybridized carbons (Fsp3) is 0.275. The van der Waals surface area contributed by atoms with Crippen LogP contribution >= 0.6 is 11.8 Å². The van der Waals surface area contributed by atoms with Crippen molar-refractivity contribution in [2.45, 2.75) is 84.5 Å². The number of amidine groups is 1. The van der Waals surface area contributed by atoms with Gasteiger partial charge in [0.15, 0.2) is 5.84 Å². The fourth-order valence-electron chi connectivity index (χ4n) is 4.56. The Hall–Kier alpha value is -4.83. The molecule has 1 heterocycles. The Morgan fingerprint density at radius 1 is 0.920 bits per heavy atom. The van der Waals surface area contributed by atoms with Crippen LogP contribution in [0.1, 0.15) is 73.6 Å². The van der Waals surface area contributed by atoms with Gasteiger partial charge >= 0.3 is 6.18 Å². The van der Waals surface area contributed by atoms with Crippen LogP contribution in [0.3, 0.4) is 0 Å². The third-order valence-corrected chi connectivity index (χ3v) is 7.94. The highest BCUT2D eigenvalue weighted by atomic mass is 32.2. The minimum absolute atomic E-state index is 0.188. The normalized spacial score (nSPS) is 10.9. The number of nitrogens with zero attached hydrogens (tertiary/aromatic N) is 4. The van der Waals surface area contributed by atoms with Crippen LogP contribution in [-0.4, -0.2) is 36.7 Å². The highest BCUT2D eigenvalue weighted by molar-refractivity contribution is 7.99. The SMILES string of the molecule is C=N/C(=N\N=C/C)c1ccc(CNC(=C)c2ccc(Sc3c(CC)cc(C)cc3-c3cc(C)ccc3C)nc2)cc1.C=O.CC.CC(F)(F)F. The molecule has 0 radical (unpaired) electrons. The highest BCUT2D eigenvalue weighted by Gasteiger charge is 2.16. The lowest BCUT2D eigenvalue weighted by molar-refractivity contribution is -0.110. The highest BCUT2D eigenvalue weighted by Crippen LogP contribution is 2.40. The van der Waals surface area contributed by atoms with E-state index >= 15 is 0 Å². The Morgan fingerprint density at radius 2 is 1.52 bits per heavy atom. The number of aliphatic imine (C=N–C) groups is 1. The second kappa shape index (κ2) is 22.0. The summed E-state index contributed by atoms with van der Waals surface area (Å²) in [6, 6.07) is 23.4. The Kier molecular flexibility index (Phi) is 19.0. The molecule has 4 rings (SSSR count). The first-order chi connectivity index (χ1) is 23.8. The summed E-state index contributed by atoms with van der Waals surface area (Å²) in [6.07, 6.45) is 0.473. The molecule has 0 atom stereocenters. The largest absolute Gasteiger partial charge is 0.386 e. The van der Waals surface area contributed by atoms with Gasteiger partial charge in [-0.1, -0.05) is 105 Å². The standard InChI is InChI=1S/C35H37N5S.C2H3F3.C2H6.CH2O/c1-8-28-18-24(4)20-32(31-19-23(3)10-11-25(31)5)34(28)41-33-17-16-30(22-38-33)26(6)37-21-27-12-14-29(15-13-27)35(36-7)40-39-9-2;1-2(3,4)5;2*1-2/h9-20,22,37H,6-8,21H2,1-5H3;1H3;1-2H3;1H2/b39-9-,40-35-;;;. The van der Waals surface area contributed by atoms with Gasteiger partial charge in [-0.25, -0.2) is 9.98 Å². The van der Waals surface area contributed by atoms with Crippen molar-refractivity contribution >= 4 is 43.0 Å². The lowest BCUT2D eigenvalue weighted by atomic mass is 9.94. The molecule has 3 aromatic carbocycles. The molecule has 0 aliphatic rings. The van der Waals surface area contributed by atoms with Crippen molar-refractivity contribution in [2.75, 3.05) is 0 Å². The number of benzene rings is 3. The number of hydrogen-bond acceptors (Lipinski definition) is 6. The van der Waals surface area contributed by atoms with E-state index in [0.717, 1.165) is 33.8 Å². The van der Waals surface area contributed by atoms with Gasteiger partial charge in [0.1, 0.15) is 11.8 Å². The maximum Gasteiger partial charge on any atom is 0.386 e. The lowest BCUT2D eigenvalue weighted by Crippen LogP contribution is -2.11. The molecule has 0 saturated heterocycles. The van der Waals surface area contributed by atoms with Crippen molar-refractivity contribution in [1.29, 1.82) is 0 Å². The van der Waals surface area contributed by atoms with Gasteiger partial charge in [0.25, 0.3) is 0 Å². The molecule has 0 fully saturated rings. The van der Waals surface area contributed by atoms with E-state index in [1.54, 1.807) is 18.0 Å². The maximum atomic E-state index is 10.4. The monoisotopic (exact) mass is 703 g/mol. The zero-order chi connectivity index (χ0) is 37.9. The summed E-state index contributed by atoms with van der Waals surface area (Å²) in [4.78, 5) is 18.0. The van der Waals surface area contributed by atoms with E-state index in [2.05, 4.69) is 104 Å². The molecular weight excluding hydrogens is 656 g/mol. The van der Waals surface area contributed by atoms with Crippen LogP contribution in [-0.2, 0) is 17.8 Å². The number of carbonyl (C=O) groups excluding carboxylic acids is 1. The molecule has 6 nitrogen and oxygen atoms in total. The van der Waals surface area contributed by atoms with E-state index in [4.69, 9.17) is 9.78 Å². The maximum absolute atomic E-state index is 10.4. The number of aromatic nitrogens is 1. The summed E-state index contributed by atoms with van der Waals surface area (Å²) >= 11 is 1.73. The molecular formula is C40H48F3N5OS. The van der Waals surface area contributed by atoms with E-state index in [0.29, 0.717) is 12.4 Å². The number of rotatable bonds is 10. The summed E-state index contributed by atoms with van der Waals surface area (Å²) in [5.41, 5.74) is 11.5. The van der Waals surface area contributed by atoms with Gasteiger partial charge < -0.3 is 10.1 Å². The molecule has 0 bridgehead atoms. The first-order valence-corrected chi connectivity index (χ1v) is 16.9. The molecule has 266 valence electrons. The minimum Gasteiger partial charge on any atom is -0.381 e. The third-order valence-electron chi connectivity index (χ3n) is 6.80. The van der Waals surface area contributed by atoms with Gasteiger partial charge in [-0.15, -0.1) is 5.10 Å². The molecule has 0 amide bonds. The Labute approximate surface area is 299 Å². The zero-order valence-electron chi connectivity index (χ0n) is 30.3. The van der Waals surface area contributed by atoms with Crippen molar-refractivity contribution < 1.29 is 18.0 Å². The topological polar surface area (TPSA) is 79.1 Å².